The van der Waals surface area contributed by atoms with Crippen LogP contribution in [-0.2, 0) is 10.0 Å². The van der Waals surface area contributed by atoms with Crippen LogP contribution in [-0.4, -0.2) is 33.8 Å². The Morgan fingerprint density at radius 2 is 1.52 bits per heavy atom. The number of nitrogens with one attached hydrogen (secondary N) is 2. The standard InChI is InChI=1S/C18H21FN2O5S/c1-4-25-16-11-15(21-27(3,23)24)17(26-5-2)10-14(16)20-18(22)12-6-8-13(19)9-7-12/h6-11,21H,4-5H2,1-3H3,(H,20,22). The molecule has 0 saturated heterocycles. The molecule has 9 heteroatoms. The smallest absolute Gasteiger partial charge is 0.255 e. The summed E-state index contributed by atoms with van der Waals surface area (Å²) in [5.41, 5.74) is 0.756. The molecule has 27 heavy (non-hydrogen) atoms. The van der Waals surface area contributed by atoms with Gasteiger partial charge in [0.1, 0.15) is 17.3 Å². The van der Waals surface area contributed by atoms with Gasteiger partial charge < -0.3 is 14.8 Å². The van der Waals surface area contributed by atoms with Crippen molar-refractivity contribution in [1.82, 2.24) is 0 Å². The largest absolute Gasteiger partial charge is 0.492 e. The lowest BCUT2D eigenvalue weighted by molar-refractivity contribution is 0.102. The fourth-order valence-corrected chi connectivity index (χ4v) is 2.84. The molecule has 0 unspecified atom stereocenters. The van der Waals surface area contributed by atoms with Crippen molar-refractivity contribution in [3.05, 3.63) is 47.8 Å². The number of halogens is 1. The predicted molar refractivity (Wildman–Crippen MR) is 102 cm³/mol. The fraction of sp³-hybridized carbons (Fsp3) is 0.278. The van der Waals surface area contributed by atoms with E-state index in [0.29, 0.717) is 12.3 Å². The second-order valence-corrected chi connectivity index (χ2v) is 7.29. The van der Waals surface area contributed by atoms with Gasteiger partial charge >= 0.3 is 0 Å². The monoisotopic (exact) mass is 396 g/mol. The second-order valence-electron chi connectivity index (χ2n) is 5.55. The summed E-state index contributed by atoms with van der Waals surface area (Å²) in [5, 5.41) is 2.68. The summed E-state index contributed by atoms with van der Waals surface area (Å²) in [5.74, 6) is -0.415. The highest BCUT2D eigenvalue weighted by Crippen LogP contribution is 2.37. The van der Waals surface area contributed by atoms with Gasteiger partial charge in [-0.25, -0.2) is 12.8 Å². The molecule has 146 valence electrons. The fourth-order valence-electron chi connectivity index (χ4n) is 2.28. The molecule has 0 radical (unpaired) electrons. The van der Waals surface area contributed by atoms with Gasteiger partial charge in [-0.05, 0) is 38.1 Å². The number of sulfonamides is 1. The maximum Gasteiger partial charge on any atom is 0.255 e. The third kappa shape index (κ3) is 5.85. The number of rotatable bonds is 8. The van der Waals surface area contributed by atoms with Gasteiger partial charge in [-0.2, -0.15) is 0 Å². The summed E-state index contributed by atoms with van der Waals surface area (Å²) in [6.45, 7) is 4.09. The van der Waals surface area contributed by atoms with Gasteiger partial charge in [0.15, 0.2) is 0 Å². The molecule has 0 atom stereocenters. The first kappa shape index (κ1) is 20.5. The maximum absolute atomic E-state index is 13.0. The number of amides is 1. The molecule has 0 aliphatic heterocycles. The van der Waals surface area contributed by atoms with E-state index < -0.39 is 21.7 Å². The molecule has 7 nitrogen and oxygen atoms in total. The average molecular weight is 396 g/mol. The summed E-state index contributed by atoms with van der Waals surface area (Å²) in [7, 11) is -3.54. The van der Waals surface area contributed by atoms with E-state index in [0.717, 1.165) is 6.26 Å². The van der Waals surface area contributed by atoms with Gasteiger partial charge in [0.2, 0.25) is 10.0 Å². The van der Waals surface area contributed by atoms with Crippen LogP contribution in [0.4, 0.5) is 15.8 Å². The Balaban J connectivity index is 2.42. The van der Waals surface area contributed by atoms with Crippen LogP contribution in [0.15, 0.2) is 36.4 Å². The molecular weight excluding hydrogens is 375 g/mol. The minimum atomic E-state index is -3.54. The van der Waals surface area contributed by atoms with Crippen molar-refractivity contribution in [2.75, 3.05) is 29.5 Å². The van der Waals surface area contributed by atoms with E-state index in [1.54, 1.807) is 13.8 Å². The van der Waals surface area contributed by atoms with Gasteiger partial charge in [0.25, 0.3) is 5.91 Å². The zero-order chi connectivity index (χ0) is 20.0. The van der Waals surface area contributed by atoms with Gasteiger partial charge in [0, 0.05) is 17.7 Å². The number of hydrogen-bond donors (Lipinski definition) is 2. The zero-order valence-electron chi connectivity index (χ0n) is 15.2. The zero-order valence-corrected chi connectivity index (χ0v) is 16.0. The van der Waals surface area contributed by atoms with E-state index in [4.69, 9.17) is 9.47 Å². The average Bonchev–Trinajstić information content (AvgIpc) is 2.58. The van der Waals surface area contributed by atoms with Crippen LogP contribution in [0.25, 0.3) is 0 Å². The lowest BCUT2D eigenvalue weighted by Crippen LogP contribution is -2.15. The van der Waals surface area contributed by atoms with Gasteiger partial charge in [-0.1, -0.05) is 0 Å². The second kappa shape index (κ2) is 8.72. The summed E-state index contributed by atoms with van der Waals surface area (Å²) in [6, 6.07) is 7.99. The molecule has 0 aliphatic carbocycles. The summed E-state index contributed by atoms with van der Waals surface area (Å²) in [6.07, 6.45) is 1.02. The lowest BCUT2D eigenvalue weighted by Gasteiger charge is -2.17. The van der Waals surface area contributed by atoms with Crippen molar-refractivity contribution in [3.63, 3.8) is 0 Å². The SMILES string of the molecule is CCOc1cc(NS(C)(=O)=O)c(OCC)cc1NC(=O)c1ccc(F)cc1. The molecule has 0 aromatic heterocycles. The van der Waals surface area contributed by atoms with Gasteiger partial charge in [-0.15, -0.1) is 0 Å². The highest BCUT2D eigenvalue weighted by atomic mass is 32.2. The molecule has 2 aromatic rings. The van der Waals surface area contributed by atoms with E-state index in [-0.39, 0.29) is 29.4 Å². The predicted octanol–water partition coefficient (Wildman–Crippen LogP) is 3.25. The molecule has 0 fully saturated rings. The molecule has 2 rings (SSSR count). The molecule has 1 amide bonds. The Kier molecular flexibility index (Phi) is 6.62. The Morgan fingerprint density at radius 3 is 2.04 bits per heavy atom. The molecule has 0 bridgehead atoms. The Bertz CT molecular complexity index is 914. The first-order valence-corrected chi connectivity index (χ1v) is 10.1. The summed E-state index contributed by atoms with van der Waals surface area (Å²) in [4.78, 5) is 12.4. The van der Waals surface area contributed by atoms with Crippen LogP contribution in [0.1, 0.15) is 24.2 Å². The van der Waals surface area contributed by atoms with Crippen molar-refractivity contribution < 1.29 is 27.1 Å². The summed E-state index contributed by atoms with van der Waals surface area (Å²) >= 11 is 0. The van der Waals surface area contributed by atoms with Crippen LogP contribution in [0.5, 0.6) is 11.5 Å². The number of carbonyl (C=O) groups excluding carboxylic acids is 1. The number of benzene rings is 2. The van der Waals surface area contributed by atoms with Crippen LogP contribution >= 0.6 is 0 Å². The number of ether oxygens (including phenoxy) is 2. The van der Waals surface area contributed by atoms with Gasteiger partial charge in [-0.3, -0.25) is 9.52 Å². The number of hydrogen-bond acceptors (Lipinski definition) is 5. The molecular formula is C18H21FN2O5S. The van der Waals surface area contributed by atoms with E-state index >= 15 is 0 Å². The number of carbonyl (C=O) groups is 1. The molecule has 0 heterocycles. The van der Waals surface area contributed by atoms with Crippen LogP contribution in [0.2, 0.25) is 0 Å². The number of anilines is 2. The van der Waals surface area contributed by atoms with Crippen molar-refractivity contribution in [2.24, 2.45) is 0 Å². The highest BCUT2D eigenvalue weighted by Gasteiger charge is 2.17. The van der Waals surface area contributed by atoms with E-state index in [1.165, 1.54) is 36.4 Å². The third-order valence-corrected chi connectivity index (χ3v) is 3.92. The van der Waals surface area contributed by atoms with Gasteiger partial charge in [0.05, 0.1) is 30.8 Å². The highest BCUT2D eigenvalue weighted by molar-refractivity contribution is 7.92. The van der Waals surface area contributed by atoms with Crippen molar-refractivity contribution in [1.29, 1.82) is 0 Å². The quantitative estimate of drug-likeness (QED) is 0.714. The normalized spacial score (nSPS) is 11.0. The Labute approximate surface area is 157 Å². The lowest BCUT2D eigenvalue weighted by atomic mass is 10.2. The van der Waals surface area contributed by atoms with Crippen LogP contribution < -0.4 is 19.5 Å². The van der Waals surface area contributed by atoms with Crippen LogP contribution in [0.3, 0.4) is 0 Å². The minimum absolute atomic E-state index is 0.197. The Morgan fingerprint density at radius 1 is 1.00 bits per heavy atom. The van der Waals surface area contributed by atoms with Crippen molar-refractivity contribution in [3.8, 4) is 11.5 Å². The molecule has 2 N–H and O–H groups in total. The molecule has 0 saturated carbocycles. The minimum Gasteiger partial charge on any atom is -0.492 e. The van der Waals surface area contributed by atoms with E-state index in [1.807, 2.05) is 0 Å². The van der Waals surface area contributed by atoms with E-state index in [9.17, 15) is 17.6 Å². The van der Waals surface area contributed by atoms with Crippen LogP contribution in [0, 0.1) is 5.82 Å². The molecule has 2 aromatic carbocycles. The summed E-state index contributed by atoms with van der Waals surface area (Å²) < 4.78 is 49.6. The van der Waals surface area contributed by atoms with Crippen molar-refractivity contribution in [2.45, 2.75) is 13.8 Å². The third-order valence-electron chi connectivity index (χ3n) is 3.33. The first-order valence-electron chi connectivity index (χ1n) is 8.21. The molecule has 0 aliphatic rings. The Hall–Kier alpha value is -2.81. The first-order chi connectivity index (χ1) is 12.7. The maximum atomic E-state index is 13.0. The van der Waals surface area contributed by atoms with Crippen molar-refractivity contribution >= 4 is 27.3 Å². The molecule has 0 spiro atoms. The van der Waals surface area contributed by atoms with E-state index in [2.05, 4.69) is 10.0 Å². The topological polar surface area (TPSA) is 93.7 Å².